The van der Waals surface area contributed by atoms with Gasteiger partial charge in [-0.2, -0.15) is 8.42 Å². The van der Waals surface area contributed by atoms with Crippen LogP contribution in [0, 0.1) is 0 Å². The van der Waals surface area contributed by atoms with Gasteiger partial charge in [-0.15, -0.1) is 0 Å². The van der Waals surface area contributed by atoms with E-state index in [0.29, 0.717) is 6.61 Å². The normalized spacial score (nSPS) is 11.4. The molecule has 0 atom stereocenters. The van der Waals surface area contributed by atoms with E-state index in [1.165, 1.54) is 64.2 Å². The Morgan fingerprint density at radius 3 is 1.61 bits per heavy atom. The SMILES string of the molecule is CCCCCCCCCCCCCCOCCOS(=O)(=O)O.[H-].[Na+]. The fraction of sp³-hybridized carbons (Fsp3) is 1.00. The van der Waals surface area contributed by atoms with Gasteiger partial charge in [-0.1, -0.05) is 77.6 Å². The van der Waals surface area contributed by atoms with Crippen molar-refractivity contribution in [2.45, 2.75) is 84.0 Å². The molecule has 0 saturated heterocycles. The minimum Gasteiger partial charge on any atom is -1.00 e. The van der Waals surface area contributed by atoms with E-state index in [2.05, 4.69) is 11.1 Å². The van der Waals surface area contributed by atoms with Crippen LogP contribution in [-0.4, -0.2) is 32.8 Å². The van der Waals surface area contributed by atoms with E-state index in [1.807, 2.05) is 0 Å². The molecule has 0 bridgehead atoms. The van der Waals surface area contributed by atoms with Crippen LogP contribution in [0.2, 0.25) is 0 Å². The van der Waals surface area contributed by atoms with E-state index in [9.17, 15) is 8.42 Å². The molecule has 7 heteroatoms. The van der Waals surface area contributed by atoms with Gasteiger partial charge in [-0.3, -0.25) is 4.55 Å². The molecular formula is C16H35NaO5S. The molecule has 5 nitrogen and oxygen atoms in total. The van der Waals surface area contributed by atoms with Gasteiger partial charge in [-0.25, -0.2) is 4.18 Å². The van der Waals surface area contributed by atoms with Gasteiger partial charge in [0, 0.05) is 6.61 Å². The second-order valence-electron chi connectivity index (χ2n) is 5.75. The van der Waals surface area contributed by atoms with Crippen molar-refractivity contribution < 1.29 is 52.9 Å². The fourth-order valence-corrected chi connectivity index (χ4v) is 2.62. The summed E-state index contributed by atoms with van der Waals surface area (Å²) >= 11 is 0. The summed E-state index contributed by atoms with van der Waals surface area (Å²) in [6.45, 7) is 2.93. The second-order valence-corrected chi connectivity index (χ2v) is 6.84. The van der Waals surface area contributed by atoms with Gasteiger partial charge >= 0.3 is 40.0 Å². The molecule has 0 amide bonds. The van der Waals surface area contributed by atoms with Crippen molar-refractivity contribution in [1.82, 2.24) is 0 Å². The van der Waals surface area contributed by atoms with E-state index in [4.69, 9.17) is 9.29 Å². The maximum atomic E-state index is 10.3. The Morgan fingerprint density at radius 1 is 0.739 bits per heavy atom. The Bertz CT molecular complexity index is 328. The Labute approximate surface area is 166 Å². The summed E-state index contributed by atoms with van der Waals surface area (Å²) in [6, 6.07) is 0. The third-order valence-electron chi connectivity index (χ3n) is 3.60. The molecule has 0 spiro atoms. The average molecular weight is 363 g/mol. The smallest absolute Gasteiger partial charge is 1.00 e. The number of hydrogen-bond donors (Lipinski definition) is 1. The van der Waals surface area contributed by atoms with Crippen molar-refractivity contribution in [2.75, 3.05) is 19.8 Å². The molecule has 0 rings (SSSR count). The van der Waals surface area contributed by atoms with E-state index >= 15 is 0 Å². The molecule has 0 aromatic rings. The molecule has 0 aliphatic heterocycles. The van der Waals surface area contributed by atoms with Crippen molar-refractivity contribution in [3.05, 3.63) is 0 Å². The minimum absolute atomic E-state index is 0. The van der Waals surface area contributed by atoms with Crippen molar-refractivity contribution in [3.8, 4) is 0 Å². The van der Waals surface area contributed by atoms with Gasteiger partial charge in [0.1, 0.15) is 0 Å². The molecular weight excluding hydrogens is 327 g/mol. The maximum absolute atomic E-state index is 10.3. The summed E-state index contributed by atoms with van der Waals surface area (Å²) in [4.78, 5) is 0. The largest absolute Gasteiger partial charge is 1.00 e. The maximum Gasteiger partial charge on any atom is 1.00 e. The Morgan fingerprint density at radius 2 is 1.17 bits per heavy atom. The van der Waals surface area contributed by atoms with Crippen molar-refractivity contribution in [2.24, 2.45) is 0 Å². The Kier molecular flexibility index (Phi) is 21.7. The molecule has 0 radical (unpaired) electrons. The van der Waals surface area contributed by atoms with Crippen LogP contribution < -0.4 is 29.6 Å². The summed E-state index contributed by atoms with van der Waals surface area (Å²) in [5.41, 5.74) is 0. The molecule has 0 aliphatic carbocycles. The van der Waals surface area contributed by atoms with Crippen LogP contribution in [0.25, 0.3) is 0 Å². The summed E-state index contributed by atoms with van der Waals surface area (Å²) in [5.74, 6) is 0. The molecule has 0 aromatic carbocycles. The average Bonchev–Trinajstić information content (AvgIpc) is 2.45. The first-order chi connectivity index (χ1) is 10.6. The van der Waals surface area contributed by atoms with Crippen LogP contribution in [0.5, 0.6) is 0 Å². The topological polar surface area (TPSA) is 72.8 Å². The number of rotatable bonds is 17. The van der Waals surface area contributed by atoms with Crippen LogP contribution in [0.15, 0.2) is 0 Å². The minimum atomic E-state index is -4.32. The molecule has 0 aromatic heterocycles. The zero-order valence-corrected chi connectivity index (χ0v) is 17.9. The predicted molar refractivity (Wildman–Crippen MR) is 90.5 cm³/mol. The Balaban J connectivity index is -0.00000220. The van der Waals surface area contributed by atoms with E-state index < -0.39 is 10.4 Å². The van der Waals surface area contributed by atoms with Crippen LogP contribution >= 0.6 is 0 Å². The van der Waals surface area contributed by atoms with Gasteiger partial charge in [0.25, 0.3) is 0 Å². The molecule has 0 aliphatic rings. The van der Waals surface area contributed by atoms with Gasteiger partial charge in [0.05, 0.1) is 13.2 Å². The molecule has 0 fully saturated rings. The van der Waals surface area contributed by atoms with E-state index in [1.54, 1.807) is 0 Å². The summed E-state index contributed by atoms with van der Waals surface area (Å²) in [5, 5.41) is 0. The van der Waals surface area contributed by atoms with Crippen LogP contribution in [-0.2, 0) is 19.3 Å². The summed E-state index contributed by atoms with van der Waals surface area (Å²) in [6.07, 6.45) is 15.6. The monoisotopic (exact) mass is 362 g/mol. The zero-order valence-electron chi connectivity index (χ0n) is 16.1. The number of ether oxygens (including phenoxy) is 1. The van der Waals surface area contributed by atoms with Gasteiger partial charge in [0.2, 0.25) is 0 Å². The predicted octanol–water partition coefficient (Wildman–Crippen LogP) is 1.64. The van der Waals surface area contributed by atoms with Crippen molar-refractivity contribution in [1.29, 1.82) is 0 Å². The van der Waals surface area contributed by atoms with Gasteiger partial charge in [0.15, 0.2) is 0 Å². The number of hydrogen-bond acceptors (Lipinski definition) is 4. The molecule has 0 heterocycles. The number of unbranched alkanes of at least 4 members (excludes halogenated alkanes) is 11. The molecule has 0 unspecified atom stereocenters. The third-order valence-corrected chi connectivity index (χ3v) is 4.07. The summed E-state index contributed by atoms with van der Waals surface area (Å²) < 4.78 is 38.2. The first kappa shape index (κ1) is 26.1. The van der Waals surface area contributed by atoms with Crippen molar-refractivity contribution in [3.63, 3.8) is 0 Å². The molecule has 1 N–H and O–H groups in total. The van der Waals surface area contributed by atoms with E-state index in [-0.39, 0.29) is 44.2 Å². The van der Waals surface area contributed by atoms with Crippen LogP contribution in [0.3, 0.4) is 0 Å². The summed E-state index contributed by atoms with van der Waals surface area (Å²) in [7, 11) is -4.32. The molecule has 0 saturated carbocycles. The standard InChI is InChI=1S/C16H34O5S.Na.H/c1-2-3-4-5-6-7-8-9-10-11-12-13-14-20-15-16-21-22(17,18)19;;/h2-16H2,1H3,(H,17,18,19);;/q;+1;-1. The van der Waals surface area contributed by atoms with Crippen LogP contribution in [0.1, 0.15) is 85.4 Å². The second kappa shape index (κ2) is 19.2. The van der Waals surface area contributed by atoms with Gasteiger partial charge in [-0.05, 0) is 6.42 Å². The molecule has 136 valence electrons. The quantitative estimate of drug-likeness (QED) is 0.242. The fourth-order valence-electron chi connectivity index (χ4n) is 2.35. The van der Waals surface area contributed by atoms with Crippen LogP contribution in [0.4, 0.5) is 0 Å². The first-order valence-electron chi connectivity index (χ1n) is 8.76. The first-order valence-corrected chi connectivity index (χ1v) is 10.1. The van der Waals surface area contributed by atoms with Crippen molar-refractivity contribution >= 4 is 10.4 Å². The van der Waals surface area contributed by atoms with E-state index in [0.717, 1.165) is 12.8 Å². The Hall–Kier alpha value is 0.830. The van der Waals surface area contributed by atoms with Gasteiger partial charge < -0.3 is 6.16 Å². The third kappa shape index (κ3) is 25.2. The zero-order chi connectivity index (χ0) is 16.5. The molecule has 23 heavy (non-hydrogen) atoms.